The topological polar surface area (TPSA) is 35.5 Å². The van der Waals surface area contributed by atoms with Gasteiger partial charge < -0.3 is 9.47 Å². The van der Waals surface area contributed by atoms with Crippen LogP contribution in [0.4, 0.5) is 4.79 Å². The normalized spacial score (nSPS) is 11.6. The van der Waals surface area contributed by atoms with Crippen LogP contribution < -0.4 is 4.74 Å². The summed E-state index contributed by atoms with van der Waals surface area (Å²) in [7, 11) is 0. The molecule has 1 aromatic rings. The Balaban J connectivity index is 2.47. The van der Waals surface area contributed by atoms with Crippen molar-refractivity contribution in [3.63, 3.8) is 0 Å². The summed E-state index contributed by atoms with van der Waals surface area (Å²) in [4.78, 5) is 11.4. The second kappa shape index (κ2) is 6.74. The zero-order chi connectivity index (χ0) is 12.7. The van der Waals surface area contributed by atoms with Gasteiger partial charge in [0.15, 0.2) is 0 Å². The Bertz CT molecular complexity index is 368. The first kappa shape index (κ1) is 13.3. The molecule has 0 heterocycles. The Morgan fingerprint density at radius 3 is 2.59 bits per heavy atom. The first-order valence-corrected chi connectivity index (χ1v) is 5.76. The molecule has 0 saturated carbocycles. The molecule has 0 aliphatic carbocycles. The lowest BCUT2D eigenvalue weighted by atomic mass is 10.2. The minimum absolute atomic E-state index is 0.111. The lowest BCUT2D eigenvalue weighted by Gasteiger charge is -2.11. The average molecular weight is 234 g/mol. The van der Waals surface area contributed by atoms with Crippen molar-refractivity contribution in [1.29, 1.82) is 0 Å². The lowest BCUT2D eigenvalue weighted by Crippen LogP contribution is -2.17. The summed E-state index contributed by atoms with van der Waals surface area (Å²) in [6.07, 6.45) is 2.77. The minimum atomic E-state index is -0.655. The molecule has 92 valence electrons. The Morgan fingerprint density at radius 2 is 2.06 bits per heavy atom. The highest BCUT2D eigenvalue weighted by molar-refractivity contribution is 5.64. The molecule has 1 unspecified atom stereocenters. The second-order valence-electron chi connectivity index (χ2n) is 3.84. The van der Waals surface area contributed by atoms with Gasteiger partial charge in [-0.3, -0.25) is 0 Å². The molecule has 1 aromatic carbocycles. The van der Waals surface area contributed by atoms with Gasteiger partial charge >= 0.3 is 6.16 Å². The molecule has 0 radical (unpaired) electrons. The van der Waals surface area contributed by atoms with E-state index in [2.05, 4.69) is 6.58 Å². The van der Waals surface area contributed by atoms with Gasteiger partial charge in [0.25, 0.3) is 0 Å². The number of hydrogen-bond donors (Lipinski definition) is 0. The van der Waals surface area contributed by atoms with E-state index in [1.807, 2.05) is 26.0 Å². The molecule has 0 amide bonds. The smallest absolute Gasteiger partial charge is 0.431 e. The Labute approximate surface area is 102 Å². The van der Waals surface area contributed by atoms with E-state index in [4.69, 9.17) is 9.47 Å². The van der Waals surface area contributed by atoms with Crippen LogP contribution in [0.2, 0.25) is 0 Å². The molecular weight excluding hydrogens is 216 g/mol. The van der Waals surface area contributed by atoms with Crippen molar-refractivity contribution in [2.45, 2.75) is 32.8 Å². The summed E-state index contributed by atoms with van der Waals surface area (Å²) in [5.41, 5.74) is 0.977. The van der Waals surface area contributed by atoms with Crippen LogP contribution in [0.3, 0.4) is 0 Å². The maximum absolute atomic E-state index is 11.4. The zero-order valence-electron chi connectivity index (χ0n) is 10.3. The highest BCUT2D eigenvalue weighted by Gasteiger charge is 2.10. The van der Waals surface area contributed by atoms with Crippen LogP contribution in [0.25, 0.3) is 6.08 Å². The molecule has 0 aromatic heterocycles. The van der Waals surface area contributed by atoms with Gasteiger partial charge in [-0.15, -0.1) is 0 Å². The molecule has 0 saturated heterocycles. The average Bonchev–Trinajstić information content (AvgIpc) is 2.30. The maximum Gasteiger partial charge on any atom is 0.514 e. The summed E-state index contributed by atoms with van der Waals surface area (Å²) in [6.45, 7) is 7.54. The quantitative estimate of drug-likeness (QED) is 0.570. The SMILES string of the molecule is C=Cc1ccc(OC(=O)OC(C)CCC)cc1. The molecule has 0 spiro atoms. The van der Waals surface area contributed by atoms with E-state index in [-0.39, 0.29) is 6.10 Å². The standard InChI is InChI=1S/C14H18O3/c1-4-6-11(3)16-14(15)17-13-9-7-12(5-2)8-10-13/h5,7-11H,2,4,6H2,1,3H3. The summed E-state index contributed by atoms with van der Waals surface area (Å²) < 4.78 is 10.1. The predicted octanol–water partition coefficient (Wildman–Crippen LogP) is 4.03. The third-order valence-electron chi connectivity index (χ3n) is 2.31. The van der Waals surface area contributed by atoms with Crippen molar-refractivity contribution < 1.29 is 14.3 Å². The zero-order valence-corrected chi connectivity index (χ0v) is 10.3. The van der Waals surface area contributed by atoms with Crippen molar-refractivity contribution in [3.8, 4) is 5.75 Å². The van der Waals surface area contributed by atoms with E-state index in [0.29, 0.717) is 5.75 Å². The van der Waals surface area contributed by atoms with Gasteiger partial charge in [-0.1, -0.05) is 38.1 Å². The van der Waals surface area contributed by atoms with Crippen LogP contribution in [-0.4, -0.2) is 12.3 Å². The van der Waals surface area contributed by atoms with Crippen molar-refractivity contribution in [3.05, 3.63) is 36.4 Å². The molecule has 1 rings (SSSR count). The maximum atomic E-state index is 11.4. The summed E-state index contributed by atoms with van der Waals surface area (Å²) in [5, 5.41) is 0. The number of benzene rings is 1. The van der Waals surface area contributed by atoms with Crippen LogP contribution in [0.15, 0.2) is 30.8 Å². The van der Waals surface area contributed by atoms with Crippen LogP contribution in [-0.2, 0) is 4.74 Å². The van der Waals surface area contributed by atoms with Crippen LogP contribution in [0.1, 0.15) is 32.3 Å². The highest BCUT2D eigenvalue weighted by atomic mass is 16.7. The van der Waals surface area contributed by atoms with Gasteiger partial charge in [-0.05, 0) is 31.0 Å². The van der Waals surface area contributed by atoms with E-state index in [1.165, 1.54) is 0 Å². The molecule has 0 N–H and O–H groups in total. The van der Waals surface area contributed by atoms with Crippen LogP contribution in [0, 0.1) is 0 Å². The van der Waals surface area contributed by atoms with E-state index in [1.54, 1.807) is 18.2 Å². The van der Waals surface area contributed by atoms with Gasteiger partial charge in [0.05, 0.1) is 0 Å². The van der Waals surface area contributed by atoms with E-state index in [0.717, 1.165) is 18.4 Å². The van der Waals surface area contributed by atoms with Gasteiger partial charge in [0.1, 0.15) is 11.9 Å². The third-order valence-corrected chi connectivity index (χ3v) is 2.31. The van der Waals surface area contributed by atoms with E-state index < -0.39 is 6.16 Å². The highest BCUT2D eigenvalue weighted by Crippen LogP contribution is 2.14. The molecule has 3 heteroatoms. The molecule has 0 fully saturated rings. The third kappa shape index (κ3) is 4.72. The van der Waals surface area contributed by atoms with Crippen molar-refractivity contribution in [2.75, 3.05) is 0 Å². The van der Waals surface area contributed by atoms with Gasteiger partial charge in [0, 0.05) is 0 Å². The van der Waals surface area contributed by atoms with E-state index in [9.17, 15) is 4.79 Å². The molecule has 0 aliphatic rings. The van der Waals surface area contributed by atoms with Gasteiger partial charge in [0.2, 0.25) is 0 Å². The fourth-order valence-corrected chi connectivity index (χ4v) is 1.42. The molecule has 0 bridgehead atoms. The largest absolute Gasteiger partial charge is 0.514 e. The van der Waals surface area contributed by atoms with Gasteiger partial charge in [-0.2, -0.15) is 0 Å². The van der Waals surface area contributed by atoms with E-state index >= 15 is 0 Å². The molecule has 0 aliphatic heterocycles. The predicted molar refractivity (Wildman–Crippen MR) is 68.0 cm³/mol. The first-order chi connectivity index (χ1) is 8.15. The van der Waals surface area contributed by atoms with Crippen LogP contribution in [0.5, 0.6) is 5.75 Å². The monoisotopic (exact) mass is 234 g/mol. The molecule has 1 atom stereocenters. The number of carbonyl (C=O) groups excluding carboxylic acids is 1. The summed E-state index contributed by atoms with van der Waals surface area (Å²) in [5.74, 6) is 0.476. The molecule has 17 heavy (non-hydrogen) atoms. The number of hydrogen-bond acceptors (Lipinski definition) is 3. The Morgan fingerprint density at radius 1 is 1.41 bits per heavy atom. The fraction of sp³-hybridized carbons (Fsp3) is 0.357. The summed E-state index contributed by atoms with van der Waals surface area (Å²) in [6, 6.07) is 7.07. The summed E-state index contributed by atoms with van der Waals surface area (Å²) >= 11 is 0. The van der Waals surface area contributed by atoms with Crippen LogP contribution >= 0.6 is 0 Å². The van der Waals surface area contributed by atoms with Gasteiger partial charge in [-0.25, -0.2) is 4.79 Å². The number of rotatable bonds is 5. The molecule has 3 nitrogen and oxygen atoms in total. The fourth-order valence-electron chi connectivity index (χ4n) is 1.42. The first-order valence-electron chi connectivity index (χ1n) is 5.76. The Kier molecular flexibility index (Phi) is 5.27. The lowest BCUT2D eigenvalue weighted by molar-refractivity contribution is 0.0621. The van der Waals surface area contributed by atoms with Crippen molar-refractivity contribution in [1.82, 2.24) is 0 Å². The second-order valence-corrected chi connectivity index (χ2v) is 3.84. The van der Waals surface area contributed by atoms with Crippen molar-refractivity contribution in [2.24, 2.45) is 0 Å². The molecular formula is C14H18O3. The minimum Gasteiger partial charge on any atom is -0.431 e. The number of carbonyl (C=O) groups is 1. The number of ether oxygens (including phenoxy) is 2. The van der Waals surface area contributed by atoms with Crippen molar-refractivity contribution >= 4 is 12.2 Å². The Hall–Kier alpha value is -1.77.